The molecule has 3 N–H and O–H groups in total. The maximum Gasteiger partial charge on any atom is 0.237 e. The van der Waals surface area contributed by atoms with Crippen LogP contribution < -0.4 is 10.6 Å². The highest BCUT2D eigenvalue weighted by molar-refractivity contribution is 6.34. The zero-order chi connectivity index (χ0) is 13.8. The van der Waals surface area contributed by atoms with Gasteiger partial charge < -0.3 is 15.7 Å². The van der Waals surface area contributed by atoms with E-state index in [0.29, 0.717) is 15.6 Å². The number of amides is 1. The fourth-order valence-corrected chi connectivity index (χ4v) is 2.66. The SMILES string of the molecule is Cl.O=C(NCC(O)c1cc(Cl)cc(Cl)c1)C1CCCN1. The summed E-state index contributed by atoms with van der Waals surface area (Å²) in [5.74, 6) is -0.0790. The average molecular weight is 340 g/mol. The first-order chi connectivity index (χ1) is 9.06. The third-order valence-electron chi connectivity index (χ3n) is 3.12. The van der Waals surface area contributed by atoms with Gasteiger partial charge in [0.15, 0.2) is 0 Å². The first-order valence-electron chi connectivity index (χ1n) is 6.21. The molecule has 0 bridgehead atoms. The van der Waals surface area contributed by atoms with Crippen molar-refractivity contribution in [1.29, 1.82) is 0 Å². The van der Waals surface area contributed by atoms with Crippen LogP contribution in [-0.2, 0) is 4.79 Å². The van der Waals surface area contributed by atoms with E-state index >= 15 is 0 Å². The Bertz CT molecular complexity index is 445. The third kappa shape index (κ3) is 4.79. The lowest BCUT2D eigenvalue weighted by molar-refractivity contribution is -0.123. The predicted molar refractivity (Wildman–Crippen MR) is 82.7 cm³/mol. The van der Waals surface area contributed by atoms with Crippen LogP contribution in [0.4, 0.5) is 0 Å². The monoisotopic (exact) mass is 338 g/mol. The van der Waals surface area contributed by atoms with Gasteiger partial charge in [-0.1, -0.05) is 23.2 Å². The van der Waals surface area contributed by atoms with Gasteiger partial charge in [0.05, 0.1) is 12.1 Å². The lowest BCUT2D eigenvalue weighted by Gasteiger charge is -2.15. The molecule has 0 radical (unpaired) electrons. The Balaban J connectivity index is 0.00000200. The summed E-state index contributed by atoms with van der Waals surface area (Å²) in [5, 5.41) is 16.8. The van der Waals surface area contributed by atoms with E-state index in [2.05, 4.69) is 10.6 Å². The summed E-state index contributed by atoms with van der Waals surface area (Å²) in [6.45, 7) is 1.01. The van der Waals surface area contributed by atoms with Crippen molar-refractivity contribution in [3.63, 3.8) is 0 Å². The summed E-state index contributed by atoms with van der Waals surface area (Å²) >= 11 is 11.7. The molecule has 1 aromatic rings. The van der Waals surface area contributed by atoms with Gasteiger partial charge in [0.2, 0.25) is 5.91 Å². The van der Waals surface area contributed by atoms with Crippen molar-refractivity contribution in [2.24, 2.45) is 0 Å². The first-order valence-corrected chi connectivity index (χ1v) is 6.97. The number of carbonyl (C=O) groups excluding carboxylic acids is 1. The summed E-state index contributed by atoms with van der Waals surface area (Å²) in [5.41, 5.74) is 0.595. The molecule has 0 saturated carbocycles. The molecule has 1 fully saturated rings. The highest BCUT2D eigenvalue weighted by Crippen LogP contribution is 2.23. The summed E-state index contributed by atoms with van der Waals surface area (Å²) in [6, 6.07) is 4.73. The molecule has 1 aliphatic rings. The van der Waals surface area contributed by atoms with Crippen molar-refractivity contribution >= 4 is 41.5 Å². The molecule has 7 heteroatoms. The molecule has 4 nitrogen and oxygen atoms in total. The van der Waals surface area contributed by atoms with Gasteiger partial charge in [0, 0.05) is 16.6 Å². The zero-order valence-corrected chi connectivity index (χ0v) is 13.1. The molecule has 1 aliphatic heterocycles. The Morgan fingerprint density at radius 2 is 2.05 bits per heavy atom. The minimum atomic E-state index is -0.818. The number of benzene rings is 1. The molecule has 112 valence electrons. The van der Waals surface area contributed by atoms with Crippen molar-refractivity contribution in [3.05, 3.63) is 33.8 Å². The second-order valence-electron chi connectivity index (χ2n) is 4.61. The topological polar surface area (TPSA) is 61.4 Å². The molecule has 1 aromatic carbocycles. The second kappa shape index (κ2) is 8.05. The lowest BCUT2D eigenvalue weighted by Crippen LogP contribution is -2.41. The number of halogens is 3. The van der Waals surface area contributed by atoms with Crippen molar-refractivity contribution in [1.82, 2.24) is 10.6 Å². The van der Waals surface area contributed by atoms with Crippen LogP contribution >= 0.6 is 35.6 Å². The van der Waals surface area contributed by atoms with Crippen LogP contribution in [0.2, 0.25) is 10.0 Å². The van der Waals surface area contributed by atoms with E-state index in [1.54, 1.807) is 18.2 Å². The van der Waals surface area contributed by atoms with E-state index in [-0.39, 0.29) is 30.9 Å². The Morgan fingerprint density at radius 3 is 2.60 bits per heavy atom. The molecule has 20 heavy (non-hydrogen) atoms. The van der Waals surface area contributed by atoms with E-state index in [1.807, 2.05) is 0 Å². The van der Waals surface area contributed by atoms with Crippen molar-refractivity contribution in [2.45, 2.75) is 25.0 Å². The van der Waals surface area contributed by atoms with Crippen LogP contribution in [0, 0.1) is 0 Å². The Kier molecular flexibility index (Phi) is 7.06. The second-order valence-corrected chi connectivity index (χ2v) is 5.49. The molecule has 0 spiro atoms. The Hall–Kier alpha value is -0.520. The van der Waals surface area contributed by atoms with Crippen LogP contribution in [-0.4, -0.2) is 30.1 Å². The fourth-order valence-electron chi connectivity index (χ4n) is 2.11. The molecule has 1 saturated heterocycles. The molecular weight excluding hydrogens is 323 g/mol. The molecular formula is C13H17Cl3N2O2. The molecule has 1 amide bonds. The van der Waals surface area contributed by atoms with Gasteiger partial charge in [0.25, 0.3) is 0 Å². The highest BCUT2D eigenvalue weighted by atomic mass is 35.5. The Labute approximate surface area is 134 Å². The summed E-state index contributed by atoms with van der Waals surface area (Å²) in [4.78, 5) is 11.8. The minimum Gasteiger partial charge on any atom is -0.387 e. The molecule has 2 unspecified atom stereocenters. The van der Waals surface area contributed by atoms with Crippen LogP contribution in [0.1, 0.15) is 24.5 Å². The standard InChI is InChI=1S/C13H16Cl2N2O2.ClH/c14-9-4-8(5-10(15)6-9)12(18)7-17-13(19)11-2-1-3-16-11;/h4-6,11-12,16,18H,1-3,7H2,(H,17,19);1H. The van der Waals surface area contributed by atoms with Gasteiger partial charge in [-0.15, -0.1) is 12.4 Å². The van der Waals surface area contributed by atoms with E-state index in [1.165, 1.54) is 0 Å². The predicted octanol–water partition coefficient (Wildman–Crippen LogP) is 2.32. The number of hydrogen-bond acceptors (Lipinski definition) is 3. The molecule has 1 heterocycles. The average Bonchev–Trinajstić information content (AvgIpc) is 2.88. The maximum atomic E-state index is 11.8. The number of hydrogen-bond donors (Lipinski definition) is 3. The van der Waals surface area contributed by atoms with Crippen molar-refractivity contribution in [3.8, 4) is 0 Å². The summed E-state index contributed by atoms with van der Waals surface area (Å²) < 4.78 is 0. The fraction of sp³-hybridized carbons (Fsp3) is 0.462. The van der Waals surface area contributed by atoms with Gasteiger partial charge in [-0.25, -0.2) is 0 Å². The normalized spacial score (nSPS) is 19.2. The minimum absolute atomic E-state index is 0. The number of carbonyl (C=O) groups is 1. The van der Waals surface area contributed by atoms with Gasteiger partial charge in [0.1, 0.15) is 0 Å². The van der Waals surface area contributed by atoms with Crippen LogP contribution in [0.3, 0.4) is 0 Å². The van der Waals surface area contributed by atoms with E-state index in [9.17, 15) is 9.90 Å². The van der Waals surface area contributed by atoms with Crippen LogP contribution in [0.5, 0.6) is 0 Å². The van der Waals surface area contributed by atoms with Gasteiger partial charge in [-0.2, -0.15) is 0 Å². The van der Waals surface area contributed by atoms with Crippen molar-refractivity contribution in [2.75, 3.05) is 13.1 Å². The maximum absolute atomic E-state index is 11.8. The number of aliphatic hydroxyl groups excluding tert-OH is 1. The number of aliphatic hydroxyl groups is 1. The summed E-state index contributed by atoms with van der Waals surface area (Å²) in [7, 11) is 0. The van der Waals surface area contributed by atoms with Gasteiger partial charge >= 0.3 is 0 Å². The molecule has 2 rings (SSSR count). The zero-order valence-electron chi connectivity index (χ0n) is 10.7. The number of rotatable bonds is 4. The Morgan fingerprint density at radius 1 is 1.40 bits per heavy atom. The number of nitrogens with one attached hydrogen (secondary N) is 2. The highest BCUT2D eigenvalue weighted by Gasteiger charge is 2.22. The van der Waals surface area contributed by atoms with E-state index in [4.69, 9.17) is 23.2 Å². The van der Waals surface area contributed by atoms with Crippen LogP contribution in [0.25, 0.3) is 0 Å². The largest absolute Gasteiger partial charge is 0.387 e. The van der Waals surface area contributed by atoms with Gasteiger partial charge in [-0.3, -0.25) is 4.79 Å². The van der Waals surface area contributed by atoms with Gasteiger partial charge in [-0.05, 0) is 43.1 Å². The molecule has 0 aromatic heterocycles. The first kappa shape index (κ1) is 17.5. The smallest absolute Gasteiger partial charge is 0.237 e. The molecule has 2 atom stereocenters. The van der Waals surface area contributed by atoms with Crippen molar-refractivity contribution < 1.29 is 9.90 Å². The van der Waals surface area contributed by atoms with E-state index < -0.39 is 6.10 Å². The summed E-state index contributed by atoms with van der Waals surface area (Å²) in [6.07, 6.45) is 1.02. The molecule has 0 aliphatic carbocycles. The third-order valence-corrected chi connectivity index (χ3v) is 3.55. The van der Waals surface area contributed by atoms with Crippen LogP contribution in [0.15, 0.2) is 18.2 Å². The van der Waals surface area contributed by atoms with E-state index in [0.717, 1.165) is 19.4 Å². The quantitative estimate of drug-likeness (QED) is 0.789. The lowest BCUT2D eigenvalue weighted by atomic mass is 10.1.